The first-order chi connectivity index (χ1) is 10.1. The Morgan fingerprint density at radius 2 is 2.00 bits per heavy atom. The minimum Gasteiger partial charge on any atom is -0.355 e. The van der Waals surface area contributed by atoms with Crippen molar-refractivity contribution in [1.82, 2.24) is 10.3 Å². The summed E-state index contributed by atoms with van der Waals surface area (Å²) in [4.78, 5) is 6.93. The Kier molecular flexibility index (Phi) is 5.76. The first-order valence-corrected chi connectivity index (χ1v) is 8.01. The average molecular weight is 348 g/mol. The second-order valence-corrected chi connectivity index (χ2v) is 6.11. The lowest BCUT2D eigenvalue weighted by Crippen LogP contribution is -2.19. The molecule has 0 fully saturated rings. The van der Waals surface area contributed by atoms with E-state index in [2.05, 4.69) is 70.4 Å². The van der Waals surface area contributed by atoms with E-state index in [9.17, 15) is 0 Å². The van der Waals surface area contributed by atoms with E-state index in [-0.39, 0.29) is 0 Å². The van der Waals surface area contributed by atoms with E-state index in [1.54, 1.807) is 0 Å². The summed E-state index contributed by atoms with van der Waals surface area (Å²) >= 11 is 3.52. The van der Waals surface area contributed by atoms with E-state index in [1.165, 1.54) is 11.1 Å². The Morgan fingerprint density at radius 3 is 2.67 bits per heavy atom. The average Bonchev–Trinajstić information content (AvgIpc) is 2.47. The number of pyridine rings is 1. The number of nitrogens with one attached hydrogen (secondary N) is 1. The van der Waals surface area contributed by atoms with Crippen molar-refractivity contribution in [2.45, 2.75) is 26.4 Å². The first kappa shape index (κ1) is 16.0. The number of aryl methyl sites for hydroxylation is 1. The lowest BCUT2D eigenvalue weighted by molar-refractivity contribution is 0.805. The molecule has 1 heterocycles. The third-order valence-corrected chi connectivity index (χ3v) is 3.86. The van der Waals surface area contributed by atoms with Gasteiger partial charge in [-0.1, -0.05) is 35.0 Å². The van der Waals surface area contributed by atoms with Gasteiger partial charge >= 0.3 is 0 Å². The van der Waals surface area contributed by atoms with E-state index >= 15 is 0 Å². The summed E-state index contributed by atoms with van der Waals surface area (Å²) in [5.41, 5.74) is 3.69. The number of nitrogens with zero attached hydrogens (tertiary/aromatic N) is 2. The molecule has 0 aliphatic rings. The zero-order chi connectivity index (χ0) is 15.2. The number of anilines is 1. The molecule has 0 saturated heterocycles. The Labute approximate surface area is 135 Å². The van der Waals surface area contributed by atoms with Crippen LogP contribution in [0.5, 0.6) is 0 Å². The van der Waals surface area contributed by atoms with Crippen molar-refractivity contribution in [3.8, 4) is 0 Å². The van der Waals surface area contributed by atoms with Crippen molar-refractivity contribution >= 4 is 21.7 Å². The molecule has 0 radical (unpaired) electrons. The van der Waals surface area contributed by atoms with Crippen molar-refractivity contribution in [3.05, 3.63) is 57.7 Å². The summed E-state index contributed by atoms with van der Waals surface area (Å²) < 4.78 is 1.11. The van der Waals surface area contributed by atoms with Gasteiger partial charge in [-0.05, 0) is 48.9 Å². The summed E-state index contributed by atoms with van der Waals surface area (Å²) in [5.74, 6) is 1.03. The van der Waals surface area contributed by atoms with E-state index in [4.69, 9.17) is 4.98 Å². The molecule has 0 bridgehead atoms. The predicted molar refractivity (Wildman–Crippen MR) is 92.6 cm³/mol. The number of benzene rings is 1. The molecule has 0 saturated carbocycles. The monoisotopic (exact) mass is 347 g/mol. The first-order valence-electron chi connectivity index (χ1n) is 7.22. The SMILES string of the molecule is CCc1cc(CNC)cc(N(C)Cc2cccc(Br)c2)n1. The van der Waals surface area contributed by atoms with Crippen LogP contribution in [-0.4, -0.2) is 19.1 Å². The van der Waals surface area contributed by atoms with E-state index in [1.807, 2.05) is 13.1 Å². The van der Waals surface area contributed by atoms with Gasteiger partial charge in [-0.15, -0.1) is 0 Å². The van der Waals surface area contributed by atoms with Gasteiger partial charge in [0.2, 0.25) is 0 Å². The smallest absolute Gasteiger partial charge is 0.129 e. The normalized spacial score (nSPS) is 10.7. The molecule has 3 nitrogen and oxygen atoms in total. The van der Waals surface area contributed by atoms with Crippen LogP contribution in [0, 0.1) is 0 Å². The van der Waals surface area contributed by atoms with Crippen molar-refractivity contribution in [2.75, 3.05) is 19.0 Å². The molecule has 1 N–H and O–H groups in total. The van der Waals surface area contributed by atoms with Crippen LogP contribution < -0.4 is 10.2 Å². The van der Waals surface area contributed by atoms with E-state index in [0.29, 0.717) is 0 Å². The summed E-state index contributed by atoms with van der Waals surface area (Å²) in [6.07, 6.45) is 0.954. The number of halogens is 1. The molecule has 1 aromatic heterocycles. The Hall–Kier alpha value is -1.39. The molecule has 2 rings (SSSR count). The van der Waals surface area contributed by atoms with E-state index < -0.39 is 0 Å². The van der Waals surface area contributed by atoms with Crippen LogP contribution in [-0.2, 0) is 19.5 Å². The van der Waals surface area contributed by atoms with Crippen molar-refractivity contribution < 1.29 is 0 Å². The van der Waals surface area contributed by atoms with Crippen molar-refractivity contribution in [3.63, 3.8) is 0 Å². The molecule has 21 heavy (non-hydrogen) atoms. The summed E-state index contributed by atoms with van der Waals surface area (Å²) in [6.45, 7) is 3.86. The standard InChI is InChI=1S/C17H22BrN3/c1-4-16-9-14(11-19-2)10-17(20-16)21(3)12-13-6-5-7-15(18)8-13/h5-10,19H,4,11-12H2,1-3H3. The highest BCUT2D eigenvalue weighted by atomic mass is 79.9. The van der Waals surface area contributed by atoms with Crippen molar-refractivity contribution in [1.29, 1.82) is 0 Å². The zero-order valence-electron chi connectivity index (χ0n) is 12.9. The van der Waals surface area contributed by atoms with Gasteiger partial charge in [0.1, 0.15) is 5.82 Å². The van der Waals surface area contributed by atoms with Gasteiger partial charge in [0.05, 0.1) is 0 Å². The molecule has 0 amide bonds. The molecular formula is C17H22BrN3. The van der Waals surface area contributed by atoms with Crippen LogP contribution in [0.4, 0.5) is 5.82 Å². The summed E-state index contributed by atoms with van der Waals surface area (Å²) in [5, 5.41) is 3.21. The lowest BCUT2D eigenvalue weighted by Gasteiger charge is -2.20. The van der Waals surface area contributed by atoms with Gasteiger partial charge in [0.15, 0.2) is 0 Å². The van der Waals surface area contributed by atoms with Crippen LogP contribution in [0.15, 0.2) is 40.9 Å². The summed E-state index contributed by atoms with van der Waals surface area (Å²) in [6, 6.07) is 12.7. The quantitative estimate of drug-likeness (QED) is 0.862. The number of hydrogen-bond acceptors (Lipinski definition) is 3. The van der Waals surface area contributed by atoms with E-state index in [0.717, 1.165) is 35.5 Å². The predicted octanol–water partition coefficient (Wildman–Crippen LogP) is 3.76. The highest BCUT2D eigenvalue weighted by molar-refractivity contribution is 9.10. The highest BCUT2D eigenvalue weighted by Gasteiger charge is 2.07. The van der Waals surface area contributed by atoms with Gasteiger partial charge in [-0.2, -0.15) is 0 Å². The van der Waals surface area contributed by atoms with Gasteiger partial charge in [0.25, 0.3) is 0 Å². The van der Waals surface area contributed by atoms with Crippen LogP contribution in [0.3, 0.4) is 0 Å². The second-order valence-electron chi connectivity index (χ2n) is 5.19. The number of rotatable bonds is 6. The van der Waals surface area contributed by atoms with Crippen LogP contribution in [0.25, 0.3) is 0 Å². The minimum absolute atomic E-state index is 0.846. The molecule has 0 unspecified atom stereocenters. The molecule has 0 aliphatic heterocycles. The topological polar surface area (TPSA) is 28.2 Å². The van der Waals surface area contributed by atoms with Gasteiger partial charge in [-0.25, -0.2) is 4.98 Å². The van der Waals surface area contributed by atoms with Gasteiger partial charge in [0, 0.05) is 30.3 Å². The second kappa shape index (κ2) is 7.57. The number of hydrogen-bond donors (Lipinski definition) is 1. The maximum Gasteiger partial charge on any atom is 0.129 e. The molecule has 0 aliphatic carbocycles. The molecule has 112 valence electrons. The maximum absolute atomic E-state index is 4.74. The Morgan fingerprint density at radius 1 is 1.19 bits per heavy atom. The molecule has 0 atom stereocenters. The zero-order valence-corrected chi connectivity index (χ0v) is 14.4. The molecule has 1 aromatic carbocycles. The number of aromatic nitrogens is 1. The fourth-order valence-corrected chi connectivity index (χ4v) is 2.75. The lowest BCUT2D eigenvalue weighted by atomic mass is 10.1. The molecule has 0 spiro atoms. The fourth-order valence-electron chi connectivity index (χ4n) is 2.31. The third kappa shape index (κ3) is 4.55. The summed E-state index contributed by atoms with van der Waals surface area (Å²) in [7, 11) is 4.06. The van der Waals surface area contributed by atoms with Crippen LogP contribution >= 0.6 is 15.9 Å². The maximum atomic E-state index is 4.74. The highest BCUT2D eigenvalue weighted by Crippen LogP contribution is 2.18. The molecule has 4 heteroatoms. The third-order valence-electron chi connectivity index (χ3n) is 3.37. The Balaban J connectivity index is 2.21. The van der Waals surface area contributed by atoms with Gasteiger partial charge in [-0.3, -0.25) is 0 Å². The minimum atomic E-state index is 0.846. The van der Waals surface area contributed by atoms with Crippen LogP contribution in [0.1, 0.15) is 23.7 Å². The molecular weight excluding hydrogens is 326 g/mol. The Bertz CT molecular complexity index is 598. The van der Waals surface area contributed by atoms with Crippen LogP contribution in [0.2, 0.25) is 0 Å². The van der Waals surface area contributed by atoms with Crippen molar-refractivity contribution in [2.24, 2.45) is 0 Å². The largest absolute Gasteiger partial charge is 0.355 e. The molecule has 2 aromatic rings. The van der Waals surface area contributed by atoms with Gasteiger partial charge < -0.3 is 10.2 Å². The fraction of sp³-hybridized carbons (Fsp3) is 0.353.